The van der Waals surface area contributed by atoms with Crippen molar-refractivity contribution in [2.75, 3.05) is 13.1 Å². The van der Waals surface area contributed by atoms with Gasteiger partial charge in [-0.15, -0.1) is 0 Å². The van der Waals surface area contributed by atoms with Gasteiger partial charge in [0.05, 0.1) is 0 Å². The molecule has 0 saturated carbocycles. The van der Waals surface area contributed by atoms with Gasteiger partial charge < -0.3 is 9.69 Å². The van der Waals surface area contributed by atoms with Crippen LogP contribution in [0.25, 0.3) is 0 Å². The monoisotopic (exact) mass is 253 g/mol. The molecule has 104 valence electrons. The molecule has 0 aromatic heterocycles. The number of Topliss-reactive ketones (excluding diaryl/α,β-unsaturated/α-hetero) is 1. The van der Waals surface area contributed by atoms with Crippen LogP contribution >= 0.6 is 0 Å². The van der Waals surface area contributed by atoms with Gasteiger partial charge in [-0.3, -0.25) is 4.79 Å². The lowest BCUT2D eigenvalue weighted by molar-refractivity contribution is -0.130. The van der Waals surface area contributed by atoms with Crippen molar-refractivity contribution in [2.24, 2.45) is 11.8 Å². The van der Waals surface area contributed by atoms with E-state index < -0.39 is 0 Å². The SMILES string of the molecule is CC(=O)CCCCN1CCC(C(C)C)CCC1=O. The maximum Gasteiger partial charge on any atom is 0.222 e. The summed E-state index contributed by atoms with van der Waals surface area (Å²) in [6.45, 7) is 7.86. The van der Waals surface area contributed by atoms with Gasteiger partial charge in [-0.1, -0.05) is 13.8 Å². The third-order valence-corrected chi connectivity index (χ3v) is 4.00. The van der Waals surface area contributed by atoms with Gasteiger partial charge in [-0.2, -0.15) is 0 Å². The van der Waals surface area contributed by atoms with Crippen LogP contribution in [0.15, 0.2) is 0 Å². The van der Waals surface area contributed by atoms with Crippen LogP contribution in [0, 0.1) is 11.8 Å². The molecule has 0 radical (unpaired) electrons. The Labute approximate surface area is 111 Å². The van der Waals surface area contributed by atoms with Crippen molar-refractivity contribution in [3.8, 4) is 0 Å². The molecule has 1 aliphatic heterocycles. The van der Waals surface area contributed by atoms with Crippen LogP contribution < -0.4 is 0 Å². The summed E-state index contributed by atoms with van der Waals surface area (Å²) in [7, 11) is 0. The zero-order chi connectivity index (χ0) is 13.5. The van der Waals surface area contributed by atoms with Crippen molar-refractivity contribution in [3.05, 3.63) is 0 Å². The summed E-state index contributed by atoms with van der Waals surface area (Å²) in [5.41, 5.74) is 0. The first-order valence-electron chi connectivity index (χ1n) is 7.28. The lowest BCUT2D eigenvalue weighted by Crippen LogP contribution is -2.31. The second-order valence-electron chi connectivity index (χ2n) is 5.87. The predicted octanol–water partition coefficient (Wildman–Crippen LogP) is 3.03. The first kappa shape index (κ1) is 15.2. The van der Waals surface area contributed by atoms with E-state index in [0.29, 0.717) is 30.6 Å². The average Bonchev–Trinajstić information content (AvgIpc) is 2.47. The van der Waals surface area contributed by atoms with Gasteiger partial charge in [0, 0.05) is 25.9 Å². The van der Waals surface area contributed by atoms with E-state index in [9.17, 15) is 9.59 Å². The maximum atomic E-state index is 12.0. The van der Waals surface area contributed by atoms with Crippen LogP contribution in [0.1, 0.15) is 59.3 Å². The third-order valence-electron chi connectivity index (χ3n) is 4.00. The van der Waals surface area contributed by atoms with E-state index in [1.54, 1.807) is 6.92 Å². The van der Waals surface area contributed by atoms with E-state index in [2.05, 4.69) is 13.8 Å². The van der Waals surface area contributed by atoms with Gasteiger partial charge in [0.1, 0.15) is 5.78 Å². The molecule has 1 saturated heterocycles. The Morgan fingerprint density at radius 3 is 2.67 bits per heavy atom. The van der Waals surface area contributed by atoms with Gasteiger partial charge in [-0.05, 0) is 44.4 Å². The Morgan fingerprint density at radius 1 is 1.33 bits per heavy atom. The number of carbonyl (C=O) groups excluding carboxylic acids is 2. The number of nitrogens with zero attached hydrogens (tertiary/aromatic N) is 1. The Balaban J connectivity index is 2.32. The first-order valence-corrected chi connectivity index (χ1v) is 7.28. The standard InChI is InChI=1S/C15H27NO2/c1-12(2)14-7-8-15(18)16(11-9-14)10-5-4-6-13(3)17/h12,14H,4-11H2,1-3H3. The molecule has 0 aliphatic carbocycles. The Hall–Kier alpha value is -0.860. The van der Waals surface area contributed by atoms with Gasteiger partial charge in [0.15, 0.2) is 0 Å². The van der Waals surface area contributed by atoms with Crippen LogP contribution in [0.5, 0.6) is 0 Å². The molecule has 0 bridgehead atoms. The number of ketones is 1. The molecule has 1 rings (SSSR count). The molecule has 1 aliphatic rings. The lowest BCUT2D eigenvalue weighted by Gasteiger charge is -2.21. The zero-order valence-electron chi connectivity index (χ0n) is 12.1. The molecule has 0 spiro atoms. The van der Waals surface area contributed by atoms with Crippen LogP contribution in [-0.2, 0) is 9.59 Å². The second-order valence-corrected chi connectivity index (χ2v) is 5.87. The number of likely N-dealkylation sites (tertiary alicyclic amines) is 1. The molecule has 1 fully saturated rings. The number of hydrogen-bond donors (Lipinski definition) is 0. The van der Waals surface area contributed by atoms with Crippen LogP contribution in [-0.4, -0.2) is 29.7 Å². The number of rotatable bonds is 6. The Kier molecular flexibility index (Phi) is 6.37. The van der Waals surface area contributed by atoms with Crippen molar-refractivity contribution in [3.63, 3.8) is 0 Å². The molecule has 0 aromatic carbocycles. The minimum atomic E-state index is 0.247. The molecular formula is C15H27NO2. The largest absolute Gasteiger partial charge is 0.343 e. The Bertz CT molecular complexity index is 286. The number of carbonyl (C=O) groups is 2. The van der Waals surface area contributed by atoms with Crippen molar-refractivity contribution in [2.45, 2.75) is 59.3 Å². The molecule has 1 unspecified atom stereocenters. The molecule has 0 aromatic rings. The summed E-state index contributed by atoms with van der Waals surface area (Å²) in [6.07, 6.45) is 5.40. The van der Waals surface area contributed by atoms with Crippen molar-refractivity contribution in [1.82, 2.24) is 4.90 Å². The van der Waals surface area contributed by atoms with E-state index in [4.69, 9.17) is 0 Å². The fourth-order valence-corrected chi connectivity index (χ4v) is 2.64. The average molecular weight is 253 g/mol. The quantitative estimate of drug-likeness (QED) is 0.682. The van der Waals surface area contributed by atoms with Crippen LogP contribution in [0.4, 0.5) is 0 Å². The zero-order valence-corrected chi connectivity index (χ0v) is 12.1. The van der Waals surface area contributed by atoms with Gasteiger partial charge in [0.2, 0.25) is 5.91 Å². The normalized spacial score (nSPS) is 21.2. The van der Waals surface area contributed by atoms with E-state index in [1.807, 2.05) is 4.90 Å². The van der Waals surface area contributed by atoms with Crippen molar-refractivity contribution >= 4 is 11.7 Å². The molecule has 3 nitrogen and oxygen atoms in total. The second kappa shape index (κ2) is 7.55. The predicted molar refractivity (Wildman–Crippen MR) is 73.3 cm³/mol. The summed E-state index contributed by atoms with van der Waals surface area (Å²) in [5, 5.41) is 0. The number of amides is 1. The first-order chi connectivity index (χ1) is 8.50. The lowest BCUT2D eigenvalue weighted by atomic mass is 9.89. The minimum absolute atomic E-state index is 0.247. The summed E-state index contributed by atoms with van der Waals surface area (Å²) < 4.78 is 0. The maximum absolute atomic E-state index is 12.0. The molecule has 3 heteroatoms. The molecule has 0 N–H and O–H groups in total. The fourth-order valence-electron chi connectivity index (χ4n) is 2.64. The minimum Gasteiger partial charge on any atom is -0.343 e. The molecule has 1 atom stereocenters. The molecule has 18 heavy (non-hydrogen) atoms. The summed E-state index contributed by atoms with van der Waals surface area (Å²) >= 11 is 0. The van der Waals surface area contributed by atoms with E-state index in [-0.39, 0.29) is 5.78 Å². The van der Waals surface area contributed by atoms with Gasteiger partial charge in [-0.25, -0.2) is 0 Å². The highest BCUT2D eigenvalue weighted by molar-refractivity contribution is 5.76. The molecule has 1 amide bonds. The summed E-state index contributed by atoms with van der Waals surface area (Å²) in [5.74, 6) is 1.92. The van der Waals surface area contributed by atoms with E-state index in [0.717, 1.165) is 38.8 Å². The summed E-state index contributed by atoms with van der Waals surface area (Å²) in [4.78, 5) is 24.8. The summed E-state index contributed by atoms with van der Waals surface area (Å²) in [6, 6.07) is 0. The highest BCUT2D eigenvalue weighted by atomic mass is 16.2. The van der Waals surface area contributed by atoms with E-state index >= 15 is 0 Å². The van der Waals surface area contributed by atoms with Crippen molar-refractivity contribution < 1.29 is 9.59 Å². The van der Waals surface area contributed by atoms with Gasteiger partial charge in [0.25, 0.3) is 0 Å². The van der Waals surface area contributed by atoms with Crippen LogP contribution in [0.2, 0.25) is 0 Å². The molecular weight excluding hydrogens is 226 g/mol. The van der Waals surface area contributed by atoms with Crippen LogP contribution in [0.3, 0.4) is 0 Å². The van der Waals surface area contributed by atoms with Crippen molar-refractivity contribution in [1.29, 1.82) is 0 Å². The van der Waals surface area contributed by atoms with E-state index in [1.165, 1.54) is 0 Å². The number of hydrogen-bond acceptors (Lipinski definition) is 2. The highest BCUT2D eigenvalue weighted by Gasteiger charge is 2.23. The topological polar surface area (TPSA) is 37.4 Å². The molecule has 1 heterocycles. The highest BCUT2D eigenvalue weighted by Crippen LogP contribution is 2.25. The number of unbranched alkanes of at least 4 members (excludes halogenated alkanes) is 1. The Morgan fingerprint density at radius 2 is 2.06 bits per heavy atom. The third kappa shape index (κ3) is 5.19. The van der Waals surface area contributed by atoms with Gasteiger partial charge >= 0.3 is 0 Å². The smallest absolute Gasteiger partial charge is 0.222 e. The fraction of sp³-hybridized carbons (Fsp3) is 0.867.